The summed E-state index contributed by atoms with van der Waals surface area (Å²) in [6.45, 7) is 1.29. The Balaban J connectivity index is 1.42. The Bertz CT molecular complexity index is 889. The van der Waals surface area contributed by atoms with E-state index in [9.17, 15) is 14.7 Å². The first kappa shape index (κ1) is 17.6. The highest BCUT2D eigenvalue weighted by Crippen LogP contribution is 2.36. The highest BCUT2D eigenvalue weighted by molar-refractivity contribution is 5.93. The molecule has 1 aliphatic heterocycles. The fraction of sp³-hybridized carbons (Fsp3) is 0.450. The highest BCUT2D eigenvalue weighted by atomic mass is 16.3. The number of carbonyl (C=O) groups excluding carboxylic acids is 2. The van der Waals surface area contributed by atoms with Crippen LogP contribution in [0.5, 0.6) is 5.75 Å². The fourth-order valence-corrected chi connectivity index (χ4v) is 4.35. The molecular formula is C20H24N4O3. The number of phenols is 1. The molecule has 2 unspecified atom stereocenters. The maximum absolute atomic E-state index is 12.8. The second-order valence-electron chi connectivity index (χ2n) is 7.49. The summed E-state index contributed by atoms with van der Waals surface area (Å²) in [4.78, 5) is 24.3. The molecule has 0 radical (unpaired) electrons. The zero-order valence-electron chi connectivity index (χ0n) is 15.1. The van der Waals surface area contributed by atoms with Crippen molar-refractivity contribution < 1.29 is 14.7 Å². The molecule has 2 amide bonds. The summed E-state index contributed by atoms with van der Waals surface area (Å²) in [5, 5.41) is 17.4. The number of nitrogens with two attached hydrogens (primary N) is 1. The van der Waals surface area contributed by atoms with Gasteiger partial charge in [0.2, 0.25) is 5.91 Å². The van der Waals surface area contributed by atoms with E-state index in [1.807, 2.05) is 10.7 Å². The number of primary amides is 1. The number of nitrogens with zero attached hydrogens (tertiary/aromatic N) is 2. The molecule has 2 aliphatic rings. The lowest BCUT2D eigenvalue weighted by Gasteiger charge is -2.28. The summed E-state index contributed by atoms with van der Waals surface area (Å²) >= 11 is 0. The van der Waals surface area contributed by atoms with Crippen LogP contribution in [0.3, 0.4) is 0 Å². The van der Waals surface area contributed by atoms with E-state index in [4.69, 9.17) is 5.73 Å². The van der Waals surface area contributed by atoms with Crippen LogP contribution in [0, 0.1) is 5.92 Å². The summed E-state index contributed by atoms with van der Waals surface area (Å²) < 4.78 is 1.83. The number of aromatic nitrogens is 2. The van der Waals surface area contributed by atoms with Gasteiger partial charge in [0.1, 0.15) is 5.75 Å². The van der Waals surface area contributed by atoms with Crippen LogP contribution in [0.15, 0.2) is 24.4 Å². The summed E-state index contributed by atoms with van der Waals surface area (Å²) in [6, 6.07) is 5.42. The van der Waals surface area contributed by atoms with E-state index in [-0.39, 0.29) is 23.5 Å². The average molecular weight is 368 g/mol. The Morgan fingerprint density at radius 1 is 1.33 bits per heavy atom. The Morgan fingerprint density at radius 3 is 3.00 bits per heavy atom. The maximum Gasteiger partial charge on any atom is 0.252 e. The molecule has 27 heavy (non-hydrogen) atoms. The molecule has 0 saturated carbocycles. The van der Waals surface area contributed by atoms with Crippen molar-refractivity contribution in [2.75, 3.05) is 6.54 Å². The van der Waals surface area contributed by atoms with E-state index < -0.39 is 5.91 Å². The van der Waals surface area contributed by atoms with E-state index >= 15 is 0 Å². The molecule has 4 rings (SSSR count). The van der Waals surface area contributed by atoms with Crippen molar-refractivity contribution in [1.82, 2.24) is 15.1 Å². The molecule has 2 heterocycles. The third-order valence-corrected chi connectivity index (χ3v) is 5.81. The van der Waals surface area contributed by atoms with Crippen molar-refractivity contribution in [3.63, 3.8) is 0 Å². The van der Waals surface area contributed by atoms with Crippen LogP contribution in [-0.2, 0) is 24.2 Å². The number of fused-ring (bicyclic) bond motifs is 2. The van der Waals surface area contributed by atoms with Crippen LogP contribution < -0.4 is 11.1 Å². The lowest BCUT2D eigenvalue weighted by Crippen LogP contribution is -2.37. The number of amides is 2. The number of benzene rings is 1. The molecule has 1 aromatic heterocycles. The number of carbonyl (C=O) groups is 2. The van der Waals surface area contributed by atoms with Gasteiger partial charge >= 0.3 is 0 Å². The van der Waals surface area contributed by atoms with Gasteiger partial charge in [-0.2, -0.15) is 5.10 Å². The minimum absolute atomic E-state index is 0.00996. The number of hydrogen-bond acceptors (Lipinski definition) is 4. The molecular weight excluding hydrogens is 344 g/mol. The molecule has 4 N–H and O–H groups in total. The van der Waals surface area contributed by atoms with Gasteiger partial charge in [-0.3, -0.25) is 14.3 Å². The van der Waals surface area contributed by atoms with Crippen molar-refractivity contribution in [3.8, 4) is 5.75 Å². The largest absolute Gasteiger partial charge is 0.508 e. The Morgan fingerprint density at radius 2 is 2.19 bits per heavy atom. The van der Waals surface area contributed by atoms with Gasteiger partial charge in [-0.25, -0.2) is 0 Å². The van der Waals surface area contributed by atoms with Crippen LogP contribution in [0.1, 0.15) is 52.4 Å². The number of nitrogens with one attached hydrogen (secondary N) is 1. The predicted molar refractivity (Wildman–Crippen MR) is 99.4 cm³/mol. The number of aromatic hydroxyl groups is 1. The molecule has 0 saturated heterocycles. The molecule has 2 atom stereocenters. The zero-order chi connectivity index (χ0) is 19.0. The van der Waals surface area contributed by atoms with Crippen molar-refractivity contribution in [2.45, 2.75) is 44.6 Å². The van der Waals surface area contributed by atoms with Crippen LogP contribution >= 0.6 is 0 Å². The Kier molecular flexibility index (Phi) is 4.59. The summed E-state index contributed by atoms with van der Waals surface area (Å²) in [5.74, 6) is -0.125. The number of aryl methyl sites for hydroxylation is 1. The second-order valence-corrected chi connectivity index (χ2v) is 7.49. The summed E-state index contributed by atoms with van der Waals surface area (Å²) in [7, 11) is 0. The van der Waals surface area contributed by atoms with Gasteiger partial charge in [0.15, 0.2) is 0 Å². The van der Waals surface area contributed by atoms with Crippen molar-refractivity contribution in [3.05, 3.63) is 46.8 Å². The smallest absolute Gasteiger partial charge is 0.252 e. The second kappa shape index (κ2) is 7.06. The number of hydrogen-bond donors (Lipinski definition) is 3. The molecule has 0 bridgehead atoms. The summed E-state index contributed by atoms with van der Waals surface area (Å²) in [5.41, 5.74) is 8.60. The van der Waals surface area contributed by atoms with Gasteiger partial charge in [-0.05, 0) is 55.2 Å². The van der Waals surface area contributed by atoms with Gasteiger partial charge in [-0.15, -0.1) is 0 Å². The van der Waals surface area contributed by atoms with E-state index in [1.165, 1.54) is 6.20 Å². The zero-order valence-corrected chi connectivity index (χ0v) is 15.1. The van der Waals surface area contributed by atoms with Gasteiger partial charge in [0.05, 0.1) is 23.4 Å². The van der Waals surface area contributed by atoms with Crippen molar-refractivity contribution >= 4 is 11.8 Å². The molecule has 2 aromatic rings. The lowest BCUT2D eigenvalue weighted by atomic mass is 9.81. The first-order chi connectivity index (χ1) is 13.0. The van der Waals surface area contributed by atoms with Crippen LogP contribution in [0.25, 0.3) is 0 Å². The third-order valence-electron chi connectivity index (χ3n) is 5.81. The Labute approximate surface area is 157 Å². The standard InChI is InChI=1S/C20H24N4O3/c21-19(26)16-11-23-24-8-7-12(9-17(16)24)10-22-20(27)15-5-1-4-14-13(15)3-2-6-18(14)25/h2-3,6,11-12,15,25H,1,4-5,7-10H2,(H2,21,26)(H,22,27). The van der Waals surface area contributed by atoms with Gasteiger partial charge < -0.3 is 16.2 Å². The third kappa shape index (κ3) is 3.29. The van der Waals surface area contributed by atoms with Crippen LogP contribution in [0.4, 0.5) is 0 Å². The van der Waals surface area contributed by atoms with E-state index in [1.54, 1.807) is 12.1 Å². The van der Waals surface area contributed by atoms with Crippen molar-refractivity contribution in [2.24, 2.45) is 11.7 Å². The van der Waals surface area contributed by atoms with E-state index in [0.29, 0.717) is 18.5 Å². The number of phenolic OH excluding ortho intramolecular Hbond substituents is 1. The minimum Gasteiger partial charge on any atom is -0.508 e. The van der Waals surface area contributed by atoms with Crippen LogP contribution in [-0.4, -0.2) is 33.2 Å². The summed E-state index contributed by atoms with van der Waals surface area (Å²) in [6.07, 6.45) is 5.62. The molecule has 1 aromatic carbocycles. The van der Waals surface area contributed by atoms with Gasteiger partial charge in [0, 0.05) is 13.1 Å². The lowest BCUT2D eigenvalue weighted by molar-refractivity contribution is -0.123. The minimum atomic E-state index is -0.459. The maximum atomic E-state index is 12.8. The normalized spacial score (nSPS) is 21.2. The monoisotopic (exact) mass is 368 g/mol. The SMILES string of the molecule is NC(=O)c1cnn2c1CC(CNC(=O)C1CCCc3c(O)cccc31)CC2. The molecule has 7 nitrogen and oxygen atoms in total. The van der Waals surface area contributed by atoms with E-state index in [2.05, 4.69) is 10.4 Å². The first-order valence-electron chi connectivity index (χ1n) is 9.47. The van der Waals surface area contributed by atoms with E-state index in [0.717, 1.165) is 49.0 Å². The van der Waals surface area contributed by atoms with Crippen molar-refractivity contribution in [1.29, 1.82) is 0 Å². The van der Waals surface area contributed by atoms with Gasteiger partial charge in [0.25, 0.3) is 5.91 Å². The van der Waals surface area contributed by atoms with Crippen LogP contribution in [0.2, 0.25) is 0 Å². The number of rotatable bonds is 4. The fourth-order valence-electron chi connectivity index (χ4n) is 4.35. The molecule has 0 spiro atoms. The quantitative estimate of drug-likeness (QED) is 0.759. The average Bonchev–Trinajstić information content (AvgIpc) is 3.09. The molecule has 7 heteroatoms. The topological polar surface area (TPSA) is 110 Å². The predicted octanol–water partition coefficient (Wildman–Crippen LogP) is 1.49. The molecule has 1 aliphatic carbocycles. The highest BCUT2D eigenvalue weighted by Gasteiger charge is 2.29. The Hall–Kier alpha value is -2.83. The molecule has 0 fully saturated rings. The molecule has 142 valence electrons. The first-order valence-corrected chi connectivity index (χ1v) is 9.47. The van der Waals surface area contributed by atoms with Gasteiger partial charge in [-0.1, -0.05) is 12.1 Å².